The molecule has 4 heteroatoms. The number of fused-ring (bicyclic) bond motifs is 1. The summed E-state index contributed by atoms with van der Waals surface area (Å²) in [6.07, 6.45) is 0. The lowest BCUT2D eigenvalue weighted by atomic mass is 9.99. The molecule has 92 valence electrons. The molecule has 0 fully saturated rings. The maximum absolute atomic E-state index is 13.4. The lowest BCUT2D eigenvalue weighted by Crippen LogP contribution is -1.97. The number of hydrogen-bond acceptors (Lipinski definition) is 2. The normalized spacial score (nSPS) is 17.8. The van der Waals surface area contributed by atoms with E-state index in [9.17, 15) is 4.39 Å². The van der Waals surface area contributed by atoms with E-state index < -0.39 is 0 Å². The molecule has 1 aliphatic heterocycles. The summed E-state index contributed by atoms with van der Waals surface area (Å²) in [6.45, 7) is 0. The van der Waals surface area contributed by atoms with E-state index in [-0.39, 0.29) is 11.1 Å². The molecular formula is C14H11ClFNS. The average Bonchev–Trinajstić information content (AvgIpc) is 2.77. The summed E-state index contributed by atoms with van der Waals surface area (Å²) in [5.74, 6) is 0.590. The topological polar surface area (TPSA) is 26.0 Å². The van der Waals surface area contributed by atoms with Gasteiger partial charge in [-0.2, -0.15) is 0 Å². The van der Waals surface area contributed by atoms with Crippen LogP contribution in [0.1, 0.15) is 21.9 Å². The lowest BCUT2D eigenvalue weighted by molar-refractivity contribution is 0.626. The monoisotopic (exact) mass is 279 g/mol. The third kappa shape index (κ3) is 1.88. The van der Waals surface area contributed by atoms with Crippen LogP contribution in [0.2, 0.25) is 5.02 Å². The van der Waals surface area contributed by atoms with Gasteiger partial charge in [0.1, 0.15) is 5.82 Å². The predicted molar refractivity (Wildman–Crippen MR) is 75.4 cm³/mol. The van der Waals surface area contributed by atoms with Gasteiger partial charge < -0.3 is 5.73 Å². The van der Waals surface area contributed by atoms with Crippen molar-refractivity contribution in [2.45, 2.75) is 11.0 Å². The Morgan fingerprint density at radius 1 is 1.22 bits per heavy atom. The molecule has 2 N–H and O–H groups in total. The summed E-state index contributed by atoms with van der Waals surface area (Å²) in [5.41, 5.74) is 9.88. The number of benzene rings is 2. The highest BCUT2D eigenvalue weighted by atomic mass is 35.5. The molecule has 1 heterocycles. The first-order valence-corrected chi connectivity index (χ1v) is 7.03. The van der Waals surface area contributed by atoms with E-state index in [4.69, 9.17) is 17.3 Å². The van der Waals surface area contributed by atoms with Crippen LogP contribution in [-0.4, -0.2) is 0 Å². The minimum absolute atomic E-state index is 0.0756. The fourth-order valence-corrected chi connectivity index (χ4v) is 4.00. The standard InChI is InChI=1S/C14H11ClFNS/c15-12-5-4-8(16)6-10(12)14-9-2-1-3-13(17)11(9)7-18-14/h1-6,14H,7,17H2. The highest BCUT2D eigenvalue weighted by molar-refractivity contribution is 7.99. The Labute approximate surface area is 114 Å². The Balaban J connectivity index is 2.12. The summed E-state index contributed by atoms with van der Waals surface area (Å²) in [6, 6.07) is 10.4. The maximum atomic E-state index is 13.4. The van der Waals surface area contributed by atoms with Crippen LogP contribution in [0.4, 0.5) is 10.1 Å². The molecule has 1 nitrogen and oxygen atoms in total. The van der Waals surface area contributed by atoms with Crippen molar-refractivity contribution < 1.29 is 4.39 Å². The molecule has 0 bridgehead atoms. The molecule has 18 heavy (non-hydrogen) atoms. The summed E-state index contributed by atoms with van der Waals surface area (Å²) in [4.78, 5) is 0. The second-order valence-corrected chi connectivity index (χ2v) is 5.77. The van der Waals surface area contributed by atoms with Crippen LogP contribution in [0.25, 0.3) is 0 Å². The maximum Gasteiger partial charge on any atom is 0.123 e. The van der Waals surface area contributed by atoms with Crippen LogP contribution in [-0.2, 0) is 5.75 Å². The van der Waals surface area contributed by atoms with Crippen LogP contribution < -0.4 is 5.73 Å². The Bertz CT molecular complexity index is 615. The Hall–Kier alpha value is -1.19. The zero-order chi connectivity index (χ0) is 12.7. The van der Waals surface area contributed by atoms with Gasteiger partial charge in [0.15, 0.2) is 0 Å². The van der Waals surface area contributed by atoms with E-state index in [0.717, 1.165) is 28.1 Å². The van der Waals surface area contributed by atoms with Gasteiger partial charge in [-0.15, -0.1) is 11.8 Å². The van der Waals surface area contributed by atoms with Crippen molar-refractivity contribution in [3.63, 3.8) is 0 Å². The predicted octanol–water partition coefficient (Wildman–Crippen LogP) is 4.40. The fourth-order valence-electron chi connectivity index (χ4n) is 2.26. The second kappa shape index (κ2) is 4.48. The summed E-state index contributed by atoms with van der Waals surface area (Å²) in [5, 5.41) is 0.677. The Kier molecular flexibility index (Phi) is 2.96. The third-order valence-corrected chi connectivity index (χ3v) is 4.81. The molecule has 2 aromatic carbocycles. The van der Waals surface area contributed by atoms with Gasteiger partial charge in [-0.1, -0.05) is 23.7 Å². The summed E-state index contributed by atoms with van der Waals surface area (Å²) < 4.78 is 13.4. The van der Waals surface area contributed by atoms with Crippen LogP contribution in [0, 0.1) is 5.82 Å². The van der Waals surface area contributed by atoms with Crippen LogP contribution in [0.3, 0.4) is 0 Å². The first-order chi connectivity index (χ1) is 8.66. The molecule has 3 rings (SSSR count). The van der Waals surface area contributed by atoms with Gasteiger partial charge in [0.05, 0.1) is 5.25 Å². The van der Waals surface area contributed by atoms with Crippen molar-refractivity contribution >= 4 is 29.1 Å². The minimum atomic E-state index is -0.257. The van der Waals surface area contributed by atoms with Crippen LogP contribution in [0.15, 0.2) is 36.4 Å². The van der Waals surface area contributed by atoms with Gasteiger partial charge in [-0.3, -0.25) is 0 Å². The highest BCUT2D eigenvalue weighted by Gasteiger charge is 2.27. The largest absolute Gasteiger partial charge is 0.398 e. The van der Waals surface area contributed by atoms with Gasteiger partial charge in [-0.25, -0.2) is 4.39 Å². The zero-order valence-electron chi connectivity index (χ0n) is 9.49. The minimum Gasteiger partial charge on any atom is -0.398 e. The van der Waals surface area contributed by atoms with E-state index in [2.05, 4.69) is 0 Å². The molecular weight excluding hydrogens is 269 g/mol. The van der Waals surface area contributed by atoms with E-state index in [0.29, 0.717) is 5.02 Å². The van der Waals surface area contributed by atoms with Gasteiger partial charge in [0.25, 0.3) is 0 Å². The fraction of sp³-hybridized carbons (Fsp3) is 0.143. The number of hydrogen-bond donors (Lipinski definition) is 1. The van der Waals surface area contributed by atoms with Gasteiger partial charge in [0, 0.05) is 16.5 Å². The van der Waals surface area contributed by atoms with E-state index in [1.165, 1.54) is 12.1 Å². The van der Waals surface area contributed by atoms with Crippen molar-refractivity contribution in [3.8, 4) is 0 Å². The van der Waals surface area contributed by atoms with Crippen LogP contribution >= 0.6 is 23.4 Å². The Morgan fingerprint density at radius 3 is 2.89 bits per heavy atom. The Morgan fingerprint density at radius 2 is 2.06 bits per heavy atom. The molecule has 1 atom stereocenters. The van der Waals surface area contributed by atoms with Gasteiger partial charge >= 0.3 is 0 Å². The SMILES string of the molecule is Nc1cccc2c1CSC2c1cc(F)ccc1Cl. The third-order valence-electron chi connectivity index (χ3n) is 3.17. The quantitative estimate of drug-likeness (QED) is 0.783. The number of thioether (sulfide) groups is 1. The molecule has 0 aliphatic carbocycles. The van der Waals surface area contributed by atoms with Gasteiger partial charge in [0.2, 0.25) is 0 Å². The molecule has 0 aromatic heterocycles. The average molecular weight is 280 g/mol. The first kappa shape index (κ1) is 11.9. The number of nitrogens with two attached hydrogens (primary N) is 1. The molecule has 1 unspecified atom stereocenters. The molecule has 0 saturated carbocycles. The van der Waals surface area contributed by atoms with E-state index in [1.807, 2.05) is 18.2 Å². The van der Waals surface area contributed by atoms with E-state index in [1.54, 1.807) is 17.8 Å². The van der Waals surface area contributed by atoms with Crippen LogP contribution in [0.5, 0.6) is 0 Å². The zero-order valence-corrected chi connectivity index (χ0v) is 11.1. The van der Waals surface area contributed by atoms with Crippen molar-refractivity contribution in [2.24, 2.45) is 0 Å². The van der Waals surface area contributed by atoms with Gasteiger partial charge in [-0.05, 0) is 41.0 Å². The molecule has 2 aromatic rings. The van der Waals surface area contributed by atoms with Crippen molar-refractivity contribution in [1.82, 2.24) is 0 Å². The van der Waals surface area contributed by atoms with Crippen molar-refractivity contribution in [2.75, 3.05) is 5.73 Å². The first-order valence-electron chi connectivity index (χ1n) is 5.60. The van der Waals surface area contributed by atoms with Crippen molar-refractivity contribution in [1.29, 1.82) is 0 Å². The lowest BCUT2D eigenvalue weighted by Gasteiger charge is -2.13. The molecule has 0 radical (unpaired) electrons. The molecule has 0 amide bonds. The van der Waals surface area contributed by atoms with E-state index >= 15 is 0 Å². The second-order valence-electron chi connectivity index (χ2n) is 4.27. The van der Waals surface area contributed by atoms with Crippen molar-refractivity contribution in [3.05, 3.63) is 63.9 Å². The number of rotatable bonds is 1. The molecule has 1 aliphatic rings. The molecule has 0 saturated heterocycles. The highest BCUT2D eigenvalue weighted by Crippen LogP contribution is 2.49. The number of halogens is 2. The number of nitrogen functional groups attached to an aromatic ring is 1. The summed E-state index contributed by atoms with van der Waals surface area (Å²) in [7, 11) is 0. The molecule has 0 spiro atoms. The summed E-state index contributed by atoms with van der Waals surface area (Å²) >= 11 is 7.90. The smallest absolute Gasteiger partial charge is 0.123 e. The number of anilines is 1.